The number of amides is 1. The van der Waals surface area contributed by atoms with Gasteiger partial charge in [0.1, 0.15) is 5.69 Å². The molecule has 1 heterocycles. The molecule has 1 aliphatic rings. The highest BCUT2D eigenvalue weighted by Crippen LogP contribution is 2.33. The van der Waals surface area contributed by atoms with Crippen molar-refractivity contribution >= 4 is 22.8 Å². The fourth-order valence-electron chi connectivity index (χ4n) is 4.10. The van der Waals surface area contributed by atoms with Gasteiger partial charge in [0.25, 0.3) is 5.91 Å². The quantitative estimate of drug-likeness (QED) is 0.743. The van der Waals surface area contributed by atoms with Gasteiger partial charge >= 0.3 is 5.97 Å². The Morgan fingerprint density at radius 3 is 2.64 bits per heavy atom. The van der Waals surface area contributed by atoms with Gasteiger partial charge in [-0.15, -0.1) is 0 Å². The molecule has 0 aliphatic heterocycles. The summed E-state index contributed by atoms with van der Waals surface area (Å²) < 4.78 is 0. The molecule has 3 N–H and O–H groups in total. The molecule has 1 fully saturated rings. The number of hydrogen-bond acceptors (Lipinski definition) is 2. The van der Waals surface area contributed by atoms with E-state index in [0.29, 0.717) is 11.6 Å². The smallest absolute Gasteiger partial charge is 0.303 e. The molecule has 1 unspecified atom stereocenters. The first-order valence-electron chi connectivity index (χ1n) is 9.15. The van der Waals surface area contributed by atoms with Crippen LogP contribution in [0, 0.1) is 11.8 Å². The number of H-pyrrole nitrogens is 1. The van der Waals surface area contributed by atoms with E-state index >= 15 is 0 Å². The third-order valence-corrected chi connectivity index (χ3v) is 5.44. The zero-order valence-corrected chi connectivity index (χ0v) is 14.6. The molecule has 1 amide bonds. The molecule has 5 heteroatoms. The largest absolute Gasteiger partial charge is 0.481 e. The Hall–Kier alpha value is -2.30. The second kappa shape index (κ2) is 7.72. The first-order valence-corrected chi connectivity index (χ1v) is 9.15. The van der Waals surface area contributed by atoms with Crippen LogP contribution in [-0.2, 0) is 4.79 Å². The van der Waals surface area contributed by atoms with Crippen molar-refractivity contribution in [2.45, 2.75) is 51.5 Å². The van der Waals surface area contributed by atoms with Gasteiger partial charge in [-0.1, -0.05) is 50.3 Å². The number of aromatic nitrogens is 1. The molecule has 1 aromatic heterocycles. The van der Waals surface area contributed by atoms with Crippen LogP contribution in [0.4, 0.5) is 0 Å². The van der Waals surface area contributed by atoms with Gasteiger partial charge in [0.05, 0.1) is 6.42 Å². The molecule has 0 bridgehead atoms. The van der Waals surface area contributed by atoms with Crippen LogP contribution in [0.3, 0.4) is 0 Å². The summed E-state index contributed by atoms with van der Waals surface area (Å²) in [5, 5.41) is 13.3. The molecule has 25 heavy (non-hydrogen) atoms. The molecular weight excluding hydrogens is 316 g/mol. The van der Waals surface area contributed by atoms with Crippen molar-refractivity contribution in [2.75, 3.05) is 0 Å². The first-order chi connectivity index (χ1) is 12.0. The third-order valence-electron chi connectivity index (χ3n) is 5.44. The van der Waals surface area contributed by atoms with Crippen LogP contribution in [0.25, 0.3) is 10.9 Å². The van der Waals surface area contributed by atoms with Crippen molar-refractivity contribution in [3.8, 4) is 0 Å². The van der Waals surface area contributed by atoms with Crippen molar-refractivity contribution in [3.05, 3.63) is 36.0 Å². The Bertz CT molecular complexity index is 713. The molecule has 3 rings (SSSR count). The highest BCUT2D eigenvalue weighted by atomic mass is 16.4. The minimum Gasteiger partial charge on any atom is -0.481 e. The summed E-state index contributed by atoms with van der Waals surface area (Å²) in [7, 11) is 0. The summed E-state index contributed by atoms with van der Waals surface area (Å²) in [6.07, 6.45) is 5.77. The second-order valence-corrected chi connectivity index (χ2v) is 7.19. The zero-order valence-electron chi connectivity index (χ0n) is 14.6. The number of carboxylic acids is 1. The summed E-state index contributed by atoms with van der Waals surface area (Å²) >= 11 is 0. The lowest BCUT2D eigenvalue weighted by atomic mass is 9.75. The first kappa shape index (κ1) is 17.5. The summed E-state index contributed by atoms with van der Waals surface area (Å²) in [5.74, 6) is -0.605. The van der Waals surface area contributed by atoms with E-state index in [9.17, 15) is 14.7 Å². The van der Waals surface area contributed by atoms with E-state index in [-0.39, 0.29) is 24.3 Å². The van der Waals surface area contributed by atoms with Crippen LogP contribution in [0.2, 0.25) is 0 Å². The molecule has 2 atom stereocenters. The maximum atomic E-state index is 12.6. The van der Waals surface area contributed by atoms with Gasteiger partial charge in [0, 0.05) is 16.9 Å². The van der Waals surface area contributed by atoms with Crippen molar-refractivity contribution in [1.29, 1.82) is 0 Å². The lowest BCUT2D eigenvalue weighted by molar-refractivity contribution is -0.139. The molecule has 1 aromatic carbocycles. The maximum Gasteiger partial charge on any atom is 0.303 e. The van der Waals surface area contributed by atoms with Gasteiger partial charge in [-0.25, -0.2) is 0 Å². The van der Waals surface area contributed by atoms with Crippen molar-refractivity contribution in [3.63, 3.8) is 0 Å². The number of carbonyl (C=O) groups excluding carboxylic acids is 1. The standard InChI is InChI=1S/C20H26N2O3/c1-13(16(12-19(23)24)14-7-3-2-4-8-14)21-20(25)18-11-15-9-5-6-10-17(15)22-18/h5-6,9-11,13-14,16,22H,2-4,7-8,12H2,1H3,(H,21,25)(H,23,24)/t13-,16?/m1/s1. The number of carbonyl (C=O) groups is 2. The molecule has 2 aromatic rings. The van der Waals surface area contributed by atoms with Crippen molar-refractivity contribution in [2.24, 2.45) is 11.8 Å². The number of benzene rings is 1. The molecule has 1 aliphatic carbocycles. The average molecular weight is 342 g/mol. The van der Waals surface area contributed by atoms with E-state index in [1.165, 1.54) is 6.42 Å². The minimum atomic E-state index is -0.790. The summed E-state index contributed by atoms with van der Waals surface area (Å²) in [5.41, 5.74) is 1.44. The van der Waals surface area contributed by atoms with Gasteiger partial charge in [-0.3, -0.25) is 9.59 Å². The van der Waals surface area contributed by atoms with Crippen LogP contribution < -0.4 is 5.32 Å². The molecule has 0 saturated heterocycles. The molecular formula is C20H26N2O3. The van der Waals surface area contributed by atoms with Crippen LogP contribution in [0.1, 0.15) is 55.9 Å². The number of rotatable bonds is 6. The molecule has 0 spiro atoms. The normalized spacial score (nSPS) is 18.0. The lowest BCUT2D eigenvalue weighted by Crippen LogP contribution is -2.42. The maximum absolute atomic E-state index is 12.6. The SMILES string of the molecule is C[C@@H](NC(=O)c1cc2ccccc2[nH]1)C(CC(=O)O)C1CCCCC1. The number of hydrogen-bond donors (Lipinski definition) is 3. The Balaban J connectivity index is 1.71. The molecule has 1 saturated carbocycles. The minimum absolute atomic E-state index is 0.0221. The number of para-hydroxylation sites is 1. The van der Waals surface area contributed by atoms with E-state index in [0.717, 1.165) is 36.6 Å². The fraction of sp³-hybridized carbons (Fsp3) is 0.500. The Labute approximate surface area is 147 Å². The highest BCUT2D eigenvalue weighted by molar-refractivity contribution is 5.98. The zero-order chi connectivity index (χ0) is 17.8. The summed E-state index contributed by atoms with van der Waals surface area (Å²) in [6, 6.07) is 9.43. The second-order valence-electron chi connectivity index (χ2n) is 7.19. The number of aromatic amines is 1. The van der Waals surface area contributed by atoms with Gasteiger partial charge in [-0.2, -0.15) is 0 Å². The Morgan fingerprint density at radius 2 is 1.96 bits per heavy atom. The summed E-state index contributed by atoms with van der Waals surface area (Å²) in [4.78, 5) is 27.1. The van der Waals surface area contributed by atoms with E-state index in [1.807, 2.05) is 37.3 Å². The third kappa shape index (κ3) is 4.21. The number of nitrogens with one attached hydrogen (secondary N) is 2. The molecule has 0 radical (unpaired) electrons. The van der Waals surface area contributed by atoms with Crippen LogP contribution >= 0.6 is 0 Å². The Morgan fingerprint density at radius 1 is 1.24 bits per heavy atom. The summed E-state index contributed by atoms with van der Waals surface area (Å²) in [6.45, 7) is 1.93. The monoisotopic (exact) mass is 342 g/mol. The molecule has 5 nitrogen and oxygen atoms in total. The van der Waals surface area contributed by atoms with Crippen LogP contribution in [0.15, 0.2) is 30.3 Å². The van der Waals surface area contributed by atoms with Gasteiger partial charge in [0.15, 0.2) is 0 Å². The predicted octanol–water partition coefficient (Wildman–Crippen LogP) is 3.96. The average Bonchev–Trinajstić information content (AvgIpc) is 3.04. The Kier molecular flexibility index (Phi) is 5.41. The van der Waals surface area contributed by atoms with Crippen molar-refractivity contribution < 1.29 is 14.7 Å². The van der Waals surface area contributed by atoms with Gasteiger partial charge in [-0.05, 0) is 30.9 Å². The highest BCUT2D eigenvalue weighted by Gasteiger charge is 2.31. The van der Waals surface area contributed by atoms with Crippen LogP contribution in [-0.4, -0.2) is 28.0 Å². The van der Waals surface area contributed by atoms with E-state index < -0.39 is 5.97 Å². The van der Waals surface area contributed by atoms with Crippen LogP contribution in [0.5, 0.6) is 0 Å². The van der Waals surface area contributed by atoms with Gasteiger partial charge in [0.2, 0.25) is 0 Å². The van der Waals surface area contributed by atoms with Gasteiger partial charge < -0.3 is 15.4 Å². The van der Waals surface area contributed by atoms with E-state index in [2.05, 4.69) is 10.3 Å². The van der Waals surface area contributed by atoms with E-state index in [4.69, 9.17) is 0 Å². The number of aliphatic carboxylic acids is 1. The molecule has 134 valence electrons. The number of fused-ring (bicyclic) bond motifs is 1. The lowest BCUT2D eigenvalue weighted by Gasteiger charge is -2.33. The predicted molar refractivity (Wildman–Crippen MR) is 97.5 cm³/mol. The topological polar surface area (TPSA) is 82.2 Å². The fourth-order valence-corrected chi connectivity index (χ4v) is 4.10. The number of carboxylic acid groups (broad SMARTS) is 1. The van der Waals surface area contributed by atoms with Crippen molar-refractivity contribution in [1.82, 2.24) is 10.3 Å². The van der Waals surface area contributed by atoms with E-state index in [1.54, 1.807) is 0 Å².